The molecule has 0 aliphatic heterocycles. The number of rotatable bonds is 8. The standard InChI is InChI=1S/C16H19BrN2O3S3/c1-19(2)25(21,22)14-5-3-4-12(10-14)16(20)18-8-9-23-11-13-6-7-15(17)24-13/h3-7,10H,8-9,11H2,1-2H3,(H,18,20). The average Bonchev–Trinajstić information content (AvgIpc) is 2.99. The molecule has 0 saturated heterocycles. The fourth-order valence-corrected chi connectivity index (χ4v) is 5.35. The second kappa shape index (κ2) is 9.18. The number of thiophene rings is 1. The van der Waals surface area contributed by atoms with Crippen LogP contribution in [0.5, 0.6) is 0 Å². The number of carbonyl (C=O) groups is 1. The van der Waals surface area contributed by atoms with Crippen molar-refractivity contribution in [2.45, 2.75) is 10.6 Å². The zero-order valence-corrected chi connectivity index (χ0v) is 17.9. The van der Waals surface area contributed by atoms with Gasteiger partial charge in [-0.2, -0.15) is 11.8 Å². The molecule has 2 rings (SSSR count). The van der Waals surface area contributed by atoms with Crippen LogP contribution >= 0.6 is 39.0 Å². The maximum Gasteiger partial charge on any atom is 0.251 e. The normalized spacial score (nSPS) is 11.7. The molecule has 1 heterocycles. The first kappa shape index (κ1) is 20.4. The Hall–Kier alpha value is -0.870. The summed E-state index contributed by atoms with van der Waals surface area (Å²) in [5.74, 6) is 1.43. The summed E-state index contributed by atoms with van der Waals surface area (Å²) in [6.07, 6.45) is 0. The van der Waals surface area contributed by atoms with Crippen LogP contribution < -0.4 is 5.32 Å². The molecule has 5 nitrogen and oxygen atoms in total. The van der Waals surface area contributed by atoms with Crippen LogP contribution in [0.2, 0.25) is 0 Å². The molecule has 0 radical (unpaired) electrons. The van der Waals surface area contributed by atoms with Gasteiger partial charge >= 0.3 is 0 Å². The van der Waals surface area contributed by atoms with Gasteiger partial charge in [-0.05, 0) is 46.3 Å². The van der Waals surface area contributed by atoms with Crippen molar-refractivity contribution >= 4 is 55.0 Å². The van der Waals surface area contributed by atoms with E-state index in [-0.39, 0.29) is 10.8 Å². The molecule has 136 valence electrons. The summed E-state index contributed by atoms with van der Waals surface area (Å²) in [7, 11) is -0.617. The van der Waals surface area contributed by atoms with Crippen LogP contribution in [0.3, 0.4) is 0 Å². The van der Waals surface area contributed by atoms with Crippen molar-refractivity contribution in [3.8, 4) is 0 Å². The minimum atomic E-state index is -3.54. The monoisotopic (exact) mass is 462 g/mol. The number of benzene rings is 1. The van der Waals surface area contributed by atoms with Crippen molar-refractivity contribution in [1.82, 2.24) is 9.62 Å². The first-order valence-corrected chi connectivity index (χ1v) is 11.6. The molecule has 0 spiro atoms. The molecule has 25 heavy (non-hydrogen) atoms. The fourth-order valence-electron chi connectivity index (χ4n) is 1.95. The van der Waals surface area contributed by atoms with Crippen molar-refractivity contribution in [2.75, 3.05) is 26.4 Å². The van der Waals surface area contributed by atoms with Crippen molar-refractivity contribution in [2.24, 2.45) is 0 Å². The molecule has 0 aliphatic carbocycles. The van der Waals surface area contributed by atoms with Crippen LogP contribution in [0.4, 0.5) is 0 Å². The number of carbonyl (C=O) groups excluding carboxylic acids is 1. The lowest BCUT2D eigenvalue weighted by Gasteiger charge is -2.12. The van der Waals surface area contributed by atoms with Gasteiger partial charge in [0, 0.05) is 42.6 Å². The number of thioether (sulfide) groups is 1. The van der Waals surface area contributed by atoms with E-state index in [2.05, 4.69) is 27.3 Å². The van der Waals surface area contributed by atoms with Gasteiger partial charge in [-0.1, -0.05) is 6.07 Å². The molecule has 0 unspecified atom stereocenters. The van der Waals surface area contributed by atoms with Gasteiger partial charge in [0.1, 0.15) is 0 Å². The molecule has 1 aromatic carbocycles. The van der Waals surface area contributed by atoms with E-state index in [1.165, 1.54) is 31.1 Å². The highest BCUT2D eigenvalue weighted by molar-refractivity contribution is 9.11. The Bertz CT molecular complexity index is 835. The number of hydrogen-bond donors (Lipinski definition) is 1. The maximum absolute atomic E-state index is 12.2. The summed E-state index contributed by atoms with van der Waals surface area (Å²) >= 11 is 6.88. The van der Waals surface area contributed by atoms with E-state index in [1.807, 2.05) is 6.07 Å². The van der Waals surface area contributed by atoms with E-state index >= 15 is 0 Å². The van der Waals surface area contributed by atoms with Crippen LogP contribution in [0.25, 0.3) is 0 Å². The van der Waals surface area contributed by atoms with E-state index in [4.69, 9.17) is 0 Å². The van der Waals surface area contributed by atoms with Gasteiger partial charge in [-0.15, -0.1) is 11.3 Å². The summed E-state index contributed by atoms with van der Waals surface area (Å²) in [5, 5.41) is 2.82. The smallest absolute Gasteiger partial charge is 0.251 e. The molecule has 2 aromatic rings. The number of nitrogens with zero attached hydrogens (tertiary/aromatic N) is 1. The molecule has 0 fully saturated rings. The number of sulfonamides is 1. The van der Waals surface area contributed by atoms with Gasteiger partial charge < -0.3 is 5.32 Å². The number of hydrogen-bond acceptors (Lipinski definition) is 5. The third-order valence-electron chi connectivity index (χ3n) is 3.28. The van der Waals surface area contributed by atoms with Gasteiger partial charge in [0.2, 0.25) is 10.0 Å². The summed E-state index contributed by atoms with van der Waals surface area (Å²) in [6.45, 7) is 0.528. The Morgan fingerprint density at radius 3 is 2.68 bits per heavy atom. The molecule has 0 bridgehead atoms. The molecular formula is C16H19BrN2O3S3. The van der Waals surface area contributed by atoms with Gasteiger partial charge in [-0.3, -0.25) is 4.79 Å². The summed E-state index contributed by atoms with van der Waals surface area (Å²) in [4.78, 5) is 13.6. The zero-order valence-electron chi connectivity index (χ0n) is 13.9. The van der Waals surface area contributed by atoms with Crippen molar-refractivity contribution < 1.29 is 13.2 Å². The van der Waals surface area contributed by atoms with Gasteiger partial charge in [0.25, 0.3) is 5.91 Å². The lowest BCUT2D eigenvalue weighted by Crippen LogP contribution is -2.26. The van der Waals surface area contributed by atoms with Gasteiger partial charge in [-0.25, -0.2) is 12.7 Å². The second-order valence-corrected chi connectivity index (χ2v) is 11.1. The molecule has 0 saturated carbocycles. The predicted octanol–water partition coefficient (Wildman–Crippen LogP) is 3.42. The molecule has 9 heteroatoms. The van der Waals surface area contributed by atoms with Crippen LogP contribution in [0, 0.1) is 0 Å². The SMILES string of the molecule is CN(C)S(=O)(=O)c1cccc(C(=O)NCCSCc2ccc(Br)s2)c1. The first-order chi connectivity index (χ1) is 11.8. The van der Waals surface area contributed by atoms with Crippen molar-refractivity contribution in [1.29, 1.82) is 0 Å². The van der Waals surface area contributed by atoms with E-state index in [0.29, 0.717) is 12.1 Å². The van der Waals surface area contributed by atoms with Crippen LogP contribution in [0.15, 0.2) is 45.1 Å². The predicted molar refractivity (Wildman–Crippen MR) is 108 cm³/mol. The molecule has 1 amide bonds. The second-order valence-electron chi connectivity index (χ2n) is 5.33. The molecule has 0 atom stereocenters. The topological polar surface area (TPSA) is 66.5 Å². The Kier molecular flexibility index (Phi) is 7.51. The Morgan fingerprint density at radius 2 is 2.04 bits per heavy atom. The minimum absolute atomic E-state index is 0.114. The van der Waals surface area contributed by atoms with E-state index < -0.39 is 10.0 Å². The first-order valence-electron chi connectivity index (χ1n) is 7.43. The third kappa shape index (κ3) is 5.82. The highest BCUT2D eigenvalue weighted by atomic mass is 79.9. The highest BCUT2D eigenvalue weighted by Crippen LogP contribution is 2.25. The summed E-state index contributed by atoms with van der Waals surface area (Å²) in [5.41, 5.74) is 0.343. The largest absolute Gasteiger partial charge is 0.351 e. The summed E-state index contributed by atoms with van der Waals surface area (Å²) in [6, 6.07) is 10.2. The van der Waals surface area contributed by atoms with Gasteiger partial charge in [0.05, 0.1) is 8.68 Å². The molecular weight excluding hydrogens is 444 g/mol. The minimum Gasteiger partial charge on any atom is -0.351 e. The Morgan fingerprint density at radius 1 is 1.28 bits per heavy atom. The highest BCUT2D eigenvalue weighted by Gasteiger charge is 2.18. The van der Waals surface area contributed by atoms with Crippen molar-refractivity contribution in [3.05, 3.63) is 50.6 Å². The molecule has 0 aliphatic rings. The lowest BCUT2D eigenvalue weighted by molar-refractivity contribution is 0.0956. The Balaban J connectivity index is 1.84. The van der Waals surface area contributed by atoms with Crippen LogP contribution in [0.1, 0.15) is 15.2 Å². The fraction of sp³-hybridized carbons (Fsp3) is 0.312. The van der Waals surface area contributed by atoms with E-state index in [0.717, 1.165) is 19.6 Å². The van der Waals surface area contributed by atoms with Gasteiger partial charge in [0.15, 0.2) is 0 Å². The summed E-state index contributed by atoms with van der Waals surface area (Å²) < 4.78 is 26.5. The molecule has 1 N–H and O–H groups in total. The number of amides is 1. The van der Waals surface area contributed by atoms with Crippen LogP contribution in [-0.2, 0) is 15.8 Å². The maximum atomic E-state index is 12.2. The number of halogens is 1. The van der Waals surface area contributed by atoms with Crippen molar-refractivity contribution in [3.63, 3.8) is 0 Å². The number of nitrogens with one attached hydrogen (secondary N) is 1. The van der Waals surface area contributed by atoms with E-state index in [1.54, 1.807) is 35.2 Å². The Labute approximate surface area is 165 Å². The quantitative estimate of drug-likeness (QED) is 0.610. The lowest BCUT2D eigenvalue weighted by atomic mass is 10.2. The zero-order chi connectivity index (χ0) is 18.4. The van der Waals surface area contributed by atoms with Crippen LogP contribution in [-0.4, -0.2) is 45.0 Å². The average molecular weight is 463 g/mol. The third-order valence-corrected chi connectivity index (χ3v) is 7.91. The van der Waals surface area contributed by atoms with E-state index in [9.17, 15) is 13.2 Å². The molecule has 1 aromatic heterocycles.